The standard InChI is InChI=1S/C17H22N2O3S/c1-14-5-3-6-16(13-14)22-15-7-9-17(10-8-15)23(20,21)19-12-4-11-18-2/h3,5-10,13,18-19H,4,11-12H2,1-2H3. The lowest BCUT2D eigenvalue weighted by Crippen LogP contribution is -2.26. The molecule has 0 spiro atoms. The van der Waals surface area contributed by atoms with Gasteiger partial charge in [-0.15, -0.1) is 0 Å². The number of hydrogen-bond acceptors (Lipinski definition) is 4. The van der Waals surface area contributed by atoms with Crippen molar-refractivity contribution in [3.63, 3.8) is 0 Å². The van der Waals surface area contributed by atoms with Crippen LogP contribution >= 0.6 is 0 Å². The van der Waals surface area contributed by atoms with Crippen molar-refractivity contribution >= 4 is 10.0 Å². The predicted molar refractivity (Wildman–Crippen MR) is 91.4 cm³/mol. The van der Waals surface area contributed by atoms with Crippen molar-refractivity contribution < 1.29 is 13.2 Å². The number of aryl methyl sites for hydroxylation is 1. The van der Waals surface area contributed by atoms with Crippen LogP contribution in [0, 0.1) is 6.92 Å². The summed E-state index contributed by atoms with van der Waals surface area (Å²) in [5.41, 5.74) is 1.10. The quantitative estimate of drug-likeness (QED) is 0.728. The van der Waals surface area contributed by atoms with Crippen LogP contribution in [0.25, 0.3) is 0 Å². The van der Waals surface area contributed by atoms with Gasteiger partial charge in [0.15, 0.2) is 0 Å². The third-order valence-corrected chi connectivity index (χ3v) is 4.73. The highest BCUT2D eigenvalue weighted by Gasteiger charge is 2.13. The second kappa shape index (κ2) is 8.10. The van der Waals surface area contributed by atoms with Crippen molar-refractivity contribution in [2.24, 2.45) is 0 Å². The largest absolute Gasteiger partial charge is 0.457 e. The summed E-state index contributed by atoms with van der Waals surface area (Å²) in [7, 11) is -1.64. The van der Waals surface area contributed by atoms with Gasteiger partial charge in [0.05, 0.1) is 4.90 Å². The zero-order valence-corrected chi connectivity index (χ0v) is 14.2. The van der Waals surface area contributed by atoms with E-state index in [1.807, 2.05) is 38.2 Å². The topological polar surface area (TPSA) is 67.4 Å². The first-order chi connectivity index (χ1) is 11.0. The smallest absolute Gasteiger partial charge is 0.240 e. The molecule has 0 unspecified atom stereocenters. The second-order valence-corrected chi connectivity index (χ2v) is 7.01. The van der Waals surface area contributed by atoms with E-state index in [9.17, 15) is 8.42 Å². The highest BCUT2D eigenvalue weighted by atomic mass is 32.2. The molecule has 0 saturated carbocycles. The summed E-state index contributed by atoms with van der Waals surface area (Å²) < 4.78 is 32.6. The minimum Gasteiger partial charge on any atom is -0.457 e. The summed E-state index contributed by atoms with van der Waals surface area (Å²) in [6.07, 6.45) is 0.740. The molecule has 124 valence electrons. The normalized spacial score (nSPS) is 11.4. The maximum absolute atomic E-state index is 12.1. The molecule has 2 rings (SSSR count). The van der Waals surface area contributed by atoms with Crippen LogP contribution in [0.3, 0.4) is 0 Å². The lowest BCUT2D eigenvalue weighted by atomic mass is 10.2. The summed E-state index contributed by atoms with van der Waals surface area (Å²) in [6.45, 7) is 3.17. The molecule has 0 saturated heterocycles. The van der Waals surface area contributed by atoms with Crippen LogP contribution in [0.5, 0.6) is 11.5 Å². The second-order valence-electron chi connectivity index (χ2n) is 5.24. The van der Waals surface area contributed by atoms with Crippen molar-refractivity contribution in [2.75, 3.05) is 20.1 Å². The van der Waals surface area contributed by atoms with Gasteiger partial charge in [0.25, 0.3) is 0 Å². The Morgan fingerprint density at radius 3 is 2.39 bits per heavy atom. The highest BCUT2D eigenvalue weighted by molar-refractivity contribution is 7.89. The number of hydrogen-bond donors (Lipinski definition) is 2. The Kier molecular flexibility index (Phi) is 6.15. The van der Waals surface area contributed by atoms with E-state index in [2.05, 4.69) is 10.0 Å². The maximum atomic E-state index is 12.1. The average Bonchev–Trinajstić information content (AvgIpc) is 2.52. The molecule has 0 aromatic heterocycles. The average molecular weight is 334 g/mol. The van der Waals surface area contributed by atoms with E-state index >= 15 is 0 Å². The van der Waals surface area contributed by atoms with E-state index in [0.717, 1.165) is 24.3 Å². The minimum atomic E-state index is -3.47. The van der Waals surface area contributed by atoms with Gasteiger partial charge in [-0.05, 0) is 68.9 Å². The predicted octanol–water partition coefficient (Wildman–Crippen LogP) is 2.68. The van der Waals surface area contributed by atoms with E-state index in [1.54, 1.807) is 24.3 Å². The van der Waals surface area contributed by atoms with Gasteiger partial charge in [-0.25, -0.2) is 13.1 Å². The third kappa shape index (κ3) is 5.35. The first-order valence-corrected chi connectivity index (χ1v) is 8.98. The van der Waals surface area contributed by atoms with Gasteiger partial charge >= 0.3 is 0 Å². The lowest BCUT2D eigenvalue weighted by molar-refractivity contribution is 0.481. The van der Waals surface area contributed by atoms with E-state index in [-0.39, 0.29) is 4.90 Å². The van der Waals surface area contributed by atoms with Crippen LogP contribution in [-0.4, -0.2) is 28.6 Å². The molecule has 2 aromatic rings. The van der Waals surface area contributed by atoms with Crippen LogP contribution in [0.2, 0.25) is 0 Å². The number of nitrogens with one attached hydrogen (secondary N) is 2. The van der Waals surface area contributed by atoms with Crippen molar-refractivity contribution in [2.45, 2.75) is 18.2 Å². The van der Waals surface area contributed by atoms with Crippen LogP contribution in [0.1, 0.15) is 12.0 Å². The molecule has 0 aliphatic carbocycles. The van der Waals surface area contributed by atoms with Gasteiger partial charge in [0.2, 0.25) is 10.0 Å². The van der Waals surface area contributed by atoms with Crippen molar-refractivity contribution in [1.82, 2.24) is 10.0 Å². The number of ether oxygens (including phenoxy) is 1. The fourth-order valence-corrected chi connectivity index (χ4v) is 3.13. The Balaban J connectivity index is 2.01. The monoisotopic (exact) mass is 334 g/mol. The zero-order chi connectivity index (χ0) is 16.7. The first-order valence-electron chi connectivity index (χ1n) is 7.50. The van der Waals surface area contributed by atoms with Gasteiger partial charge in [0.1, 0.15) is 11.5 Å². The first kappa shape index (κ1) is 17.5. The van der Waals surface area contributed by atoms with Crippen molar-refractivity contribution in [3.8, 4) is 11.5 Å². The molecule has 6 heteroatoms. The van der Waals surface area contributed by atoms with Gasteiger partial charge in [-0.1, -0.05) is 12.1 Å². The molecule has 23 heavy (non-hydrogen) atoms. The summed E-state index contributed by atoms with van der Waals surface area (Å²) in [6, 6.07) is 14.1. The summed E-state index contributed by atoms with van der Waals surface area (Å²) in [5, 5.41) is 2.98. The van der Waals surface area contributed by atoms with E-state index < -0.39 is 10.0 Å². The van der Waals surface area contributed by atoms with E-state index in [0.29, 0.717) is 12.3 Å². The lowest BCUT2D eigenvalue weighted by Gasteiger charge is -2.09. The van der Waals surface area contributed by atoms with Crippen molar-refractivity contribution in [1.29, 1.82) is 0 Å². The number of rotatable bonds is 8. The molecule has 0 fully saturated rings. The Bertz CT molecular complexity index is 728. The van der Waals surface area contributed by atoms with Crippen LogP contribution in [-0.2, 0) is 10.0 Å². The van der Waals surface area contributed by atoms with Crippen LogP contribution < -0.4 is 14.8 Å². The molecule has 2 N–H and O–H groups in total. The molecule has 5 nitrogen and oxygen atoms in total. The Morgan fingerprint density at radius 2 is 1.74 bits per heavy atom. The zero-order valence-electron chi connectivity index (χ0n) is 13.4. The molecular weight excluding hydrogens is 312 g/mol. The molecule has 2 aromatic carbocycles. The number of sulfonamides is 1. The molecule has 0 aliphatic rings. The van der Waals surface area contributed by atoms with E-state index in [1.165, 1.54) is 0 Å². The molecule has 0 aliphatic heterocycles. The Labute approximate surface area is 137 Å². The summed E-state index contributed by atoms with van der Waals surface area (Å²) >= 11 is 0. The fourth-order valence-electron chi connectivity index (χ4n) is 2.06. The molecule has 0 heterocycles. The Hall–Kier alpha value is -1.89. The van der Waals surface area contributed by atoms with Crippen LogP contribution in [0.15, 0.2) is 53.4 Å². The molecule has 0 radical (unpaired) electrons. The minimum absolute atomic E-state index is 0.235. The highest BCUT2D eigenvalue weighted by Crippen LogP contribution is 2.23. The summed E-state index contributed by atoms with van der Waals surface area (Å²) in [5.74, 6) is 1.33. The Morgan fingerprint density at radius 1 is 1.00 bits per heavy atom. The fraction of sp³-hybridized carbons (Fsp3) is 0.294. The van der Waals surface area contributed by atoms with E-state index in [4.69, 9.17) is 4.74 Å². The molecular formula is C17H22N2O3S. The number of benzene rings is 2. The van der Waals surface area contributed by atoms with Crippen molar-refractivity contribution in [3.05, 3.63) is 54.1 Å². The van der Waals surface area contributed by atoms with Crippen LogP contribution in [0.4, 0.5) is 0 Å². The summed E-state index contributed by atoms with van der Waals surface area (Å²) in [4.78, 5) is 0.235. The molecule has 0 bridgehead atoms. The molecule has 0 amide bonds. The SMILES string of the molecule is CNCCCNS(=O)(=O)c1ccc(Oc2cccc(C)c2)cc1. The van der Waals surface area contributed by atoms with Gasteiger partial charge in [0, 0.05) is 6.54 Å². The third-order valence-electron chi connectivity index (χ3n) is 3.25. The molecule has 0 atom stereocenters. The maximum Gasteiger partial charge on any atom is 0.240 e. The van der Waals surface area contributed by atoms with Gasteiger partial charge in [-0.3, -0.25) is 0 Å². The van der Waals surface area contributed by atoms with Gasteiger partial charge in [-0.2, -0.15) is 0 Å². The van der Waals surface area contributed by atoms with Gasteiger partial charge < -0.3 is 10.1 Å².